The molecule has 0 aliphatic rings. The van der Waals surface area contributed by atoms with Gasteiger partial charge in [-0.1, -0.05) is 0 Å². The van der Waals surface area contributed by atoms with Crippen molar-refractivity contribution in [3.05, 3.63) is 52.0 Å². The molecule has 1 aromatic carbocycles. The molecule has 2 rings (SSSR count). The Balaban J connectivity index is 2.16. The van der Waals surface area contributed by atoms with E-state index in [0.717, 1.165) is 5.56 Å². The first-order valence-electron chi connectivity index (χ1n) is 6.75. The highest BCUT2D eigenvalue weighted by atomic mass is 32.2. The Kier molecular flexibility index (Phi) is 5.33. The lowest BCUT2D eigenvalue weighted by Gasteiger charge is -2.24. The minimum absolute atomic E-state index is 0.0532. The lowest BCUT2D eigenvalue weighted by atomic mass is 10.1. The van der Waals surface area contributed by atoms with E-state index in [-0.39, 0.29) is 17.5 Å². The number of thiophene rings is 1. The zero-order valence-corrected chi connectivity index (χ0v) is 14.3. The summed E-state index contributed by atoms with van der Waals surface area (Å²) >= 11 is 1.57. The lowest BCUT2D eigenvalue weighted by molar-refractivity contribution is 0.300. The Morgan fingerprint density at radius 1 is 1.32 bits per heavy atom. The summed E-state index contributed by atoms with van der Waals surface area (Å²) in [7, 11) is 0.144. The van der Waals surface area contributed by atoms with E-state index in [0.29, 0.717) is 5.56 Å². The second kappa shape index (κ2) is 6.87. The van der Waals surface area contributed by atoms with Crippen molar-refractivity contribution in [1.82, 2.24) is 9.62 Å². The molecular formula is C15H19FN2O2S2. The Labute approximate surface area is 134 Å². The molecule has 4 nitrogen and oxygen atoms in total. The van der Waals surface area contributed by atoms with Crippen LogP contribution >= 0.6 is 11.3 Å². The van der Waals surface area contributed by atoms with Crippen LogP contribution in [0.5, 0.6) is 0 Å². The van der Waals surface area contributed by atoms with E-state index in [1.165, 1.54) is 18.2 Å². The third kappa shape index (κ3) is 3.92. The summed E-state index contributed by atoms with van der Waals surface area (Å²) in [4.78, 5) is 2.04. The molecule has 0 fully saturated rings. The maximum absolute atomic E-state index is 13.3. The molecule has 0 aliphatic heterocycles. The average Bonchev–Trinajstić information content (AvgIpc) is 2.95. The summed E-state index contributed by atoms with van der Waals surface area (Å²) < 4.78 is 40.6. The van der Waals surface area contributed by atoms with Crippen LogP contribution in [0.3, 0.4) is 0 Å². The highest BCUT2D eigenvalue weighted by Gasteiger charge is 2.20. The Morgan fingerprint density at radius 3 is 2.59 bits per heavy atom. The van der Waals surface area contributed by atoms with E-state index in [1.54, 1.807) is 18.3 Å². The molecule has 1 N–H and O–H groups in total. The normalized spacial score (nSPS) is 13.5. The number of aryl methyl sites for hydroxylation is 1. The second-order valence-electron chi connectivity index (χ2n) is 5.30. The summed E-state index contributed by atoms with van der Waals surface area (Å²) in [5.74, 6) is -0.414. The Hall–Kier alpha value is -1.28. The number of sulfonamides is 1. The molecule has 2 aromatic rings. The quantitative estimate of drug-likeness (QED) is 0.878. The van der Waals surface area contributed by atoms with Gasteiger partial charge in [-0.2, -0.15) is 11.3 Å². The molecule has 0 unspecified atom stereocenters. The number of likely N-dealkylation sites (N-methyl/N-ethyl adjacent to an activating group) is 1. The molecule has 7 heteroatoms. The predicted molar refractivity (Wildman–Crippen MR) is 87.1 cm³/mol. The van der Waals surface area contributed by atoms with E-state index in [4.69, 9.17) is 0 Å². The molecule has 0 bridgehead atoms. The van der Waals surface area contributed by atoms with Crippen molar-refractivity contribution in [2.45, 2.75) is 17.9 Å². The number of nitrogens with zero attached hydrogens (tertiary/aromatic N) is 1. The summed E-state index contributed by atoms with van der Waals surface area (Å²) in [5.41, 5.74) is 1.37. The Bertz CT molecular complexity index is 728. The third-order valence-electron chi connectivity index (χ3n) is 3.46. The molecule has 22 heavy (non-hydrogen) atoms. The van der Waals surface area contributed by atoms with E-state index >= 15 is 0 Å². The van der Waals surface area contributed by atoms with Gasteiger partial charge in [0.2, 0.25) is 10.0 Å². The summed E-state index contributed by atoms with van der Waals surface area (Å²) in [6.07, 6.45) is 0. The minimum Gasteiger partial charge on any atom is -0.301 e. The van der Waals surface area contributed by atoms with Gasteiger partial charge < -0.3 is 4.90 Å². The van der Waals surface area contributed by atoms with Gasteiger partial charge in [-0.15, -0.1) is 0 Å². The molecule has 0 saturated carbocycles. The maximum atomic E-state index is 13.3. The van der Waals surface area contributed by atoms with Crippen LogP contribution < -0.4 is 4.72 Å². The van der Waals surface area contributed by atoms with Crippen molar-refractivity contribution < 1.29 is 12.8 Å². The van der Waals surface area contributed by atoms with Crippen molar-refractivity contribution in [3.8, 4) is 0 Å². The van der Waals surface area contributed by atoms with Crippen molar-refractivity contribution >= 4 is 21.4 Å². The van der Waals surface area contributed by atoms with Crippen molar-refractivity contribution in [2.75, 3.05) is 20.6 Å². The standard InChI is InChI=1S/C15H19FN2O2S2/c1-11-8-13(4-5-14(11)16)22(19,20)17-9-15(18(2)3)12-6-7-21-10-12/h4-8,10,15,17H,9H2,1-3H3/t15-/m1/s1. The zero-order valence-electron chi connectivity index (χ0n) is 12.7. The summed E-state index contributed by atoms with van der Waals surface area (Å²) in [6, 6.07) is 5.72. The lowest BCUT2D eigenvalue weighted by Crippen LogP contribution is -2.34. The number of hydrogen-bond acceptors (Lipinski definition) is 4. The van der Waals surface area contributed by atoms with E-state index < -0.39 is 15.8 Å². The van der Waals surface area contributed by atoms with Gasteiger partial charge in [0.25, 0.3) is 0 Å². The largest absolute Gasteiger partial charge is 0.301 e. The van der Waals surface area contributed by atoms with Crippen LogP contribution in [0.4, 0.5) is 4.39 Å². The molecule has 0 radical (unpaired) electrons. The van der Waals surface area contributed by atoms with Gasteiger partial charge in [-0.05, 0) is 67.2 Å². The zero-order chi connectivity index (χ0) is 16.3. The maximum Gasteiger partial charge on any atom is 0.240 e. The smallest absolute Gasteiger partial charge is 0.240 e. The first-order valence-corrected chi connectivity index (χ1v) is 9.18. The first-order chi connectivity index (χ1) is 10.3. The fourth-order valence-corrected chi connectivity index (χ4v) is 3.95. The third-order valence-corrected chi connectivity index (χ3v) is 5.58. The van der Waals surface area contributed by atoms with Crippen molar-refractivity contribution in [2.24, 2.45) is 0 Å². The highest BCUT2D eigenvalue weighted by Crippen LogP contribution is 2.21. The molecule has 1 atom stereocenters. The van der Waals surface area contributed by atoms with Gasteiger partial charge in [0.15, 0.2) is 0 Å². The van der Waals surface area contributed by atoms with Crippen LogP contribution in [-0.4, -0.2) is 34.0 Å². The Morgan fingerprint density at radius 2 is 2.05 bits per heavy atom. The number of nitrogens with one attached hydrogen (secondary N) is 1. The van der Waals surface area contributed by atoms with E-state index in [2.05, 4.69) is 4.72 Å². The fourth-order valence-electron chi connectivity index (χ4n) is 2.12. The van der Waals surface area contributed by atoms with Crippen molar-refractivity contribution in [3.63, 3.8) is 0 Å². The monoisotopic (exact) mass is 342 g/mol. The van der Waals surface area contributed by atoms with Crippen molar-refractivity contribution in [1.29, 1.82) is 0 Å². The number of rotatable bonds is 6. The molecule has 0 spiro atoms. The molecular weight excluding hydrogens is 323 g/mol. The number of hydrogen-bond donors (Lipinski definition) is 1. The predicted octanol–water partition coefficient (Wildman–Crippen LogP) is 2.78. The number of halogens is 1. The minimum atomic E-state index is -3.66. The fraction of sp³-hybridized carbons (Fsp3) is 0.333. The van der Waals surface area contributed by atoms with Gasteiger partial charge in [0.05, 0.1) is 4.90 Å². The van der Waals surface area contributed by atoms with Crippen LogP contribution in [-0.2, 0) is 10.0 Å². The van der Waals surface area contributed by atoms with Gasteiger partial charge in [-0.25, -0.2) is 17.5 Å². The topological polar surface area (TPSA) is 49.4 Å². The average molecular weight is 342 g/mol. The van der Waals surface area contributed by atoms with Gasteiger partial charge >= 0.3 is 0 Å². The SMILES string of the molecule is Cc1cc(S(=O)(=O)NC[C@H](c2ccsc2)N(C)C)ccc1F. The van der Waals surface area contributed by atoms with Crippen LogP contribution in [0.2, 0.25) is 0 Å². The van der Waals surface area contributed by atoms with Crippen LogP contribution in [0.15, 0.2) is 39.9 Å². The van der Waals surface area contributed by atoms with Crippen LogP contribution in [0, 0.1) is 12.7 Å². The molecule has 1 heterocycles. The molecule has 120 valence electrons. The second-order valence-corrected chi connectivity index (χ2v) is 7.85. The summed E-state index contributed by atoms with van der Waals surface area (Å²) in [6.45, 7) is 1.80. The summed E-state index contributed by atoms with van der Waals surface area (Å²) in [5, 5.41) is 3.96. The van der Waals surface area contributed by atoms with E-state index in [9.17, 15) is 12.8 Å². The molecule has 1 aromatic heterocycles. The number of benzene rings is 1. The molecule has 0 saturated heterocycles. The van der Waals surface area contributed by atoms with E-state index in [1.807, 2.05) is 35.8 Å². The van der Waals surface area contributed by atoms with Gasteiger partial charge in [-0.3, -0.25) is 0 Å². The van der Waals surface area contributed by atoms with Gasteiger partial charge in [0, 0.05) is 12.6 Å². The highest BCUT2D eigenvalue weighted by molar-refractivity contribution is 7.89. The molecule has 0 aliphatic carbocycles. The van der Waals surface area contributed by atoms with Gasteiger partial charge in [0.1, 0.15) is 5.82 Å². The molecule has 0 amide bonds. The van der Waals surface area contributed by atoms with Crippen LogP contribution in [0.1, 0.15) is 17.2 Å². The van der Waals surface area contributed by atoms with Crippen LogP contribution in [0.25, 0.3) is 0 Å². The first kappa shape index (κ1) is 17.1.